The Morgan fingerprint density at radius 3 is 1.98 bits per heavy atom. The molecule has 0 amide bonds. The summed E-state index contributed by atoms with van der Waals surface area (Å²) in [6.45, 7) is 5.67. The van der Waals surface area contributed by atoms with E-state index >= 15 is 0 Å². The molecule has 0 saturated carbocycles. The minimum Gasteiger partial charge on any atom is -0.277 e. The van der Waals surface area contributed by atoms with Gasteiger partial charge in [-0.15, -0.1) is 0 Å². The summed E-state index contributed by atoms with van der Waals surface area (Å²) in [5.74, 6) is -0.866. The SMILES string of the molecule is Cc1ccc(S(=O)(=O)c2c(NS(=O)(=O)c3ccc(F)cc3)n(-c3ccc(C)c(C)c3)c3nc4ccccc4nc23)cc1. The lowest BCUT2D eigenvalue weighted by atomic mass is 10.1. The zero-order valence-electron chi connectivity index (χ0n) is 22.8. The number of halogens is 1. The lowest BCUT2D eigenvalue weighted by Gasteiger charge is -2.15. The zero-order chi connectivity index (χ0) is 29.8. The second-order valence-corrected chi connectivity index (χ2v) is 13.6. The highest BCUT2D eigenvalue weighted by molar-refractivity contribution is 7.93. The molecule has 2 heterocycles. The molecule has 11 heteroatoms. The van der Waals surface area contributed by atoms with Gasteiger partial charge in [0.25, 0.3) is 10.0 Å². The van der Waals surface area contributed by atoms with Crippen LogP contribution in [0.1, 0.15) is 16.7 Å². The number of aryl methyl sites for hydroxylation is 3. The number of para-hydroxylation sites is 2. The van der Waals surface area contributed by atoms with Crippen molar-refractivity contribution >= 4 is 47.9 Å². The van der Waals surface area contributed by atoms with E-state index in [9.17, 15) is 21.2 Å². The zero-order valence-corrected chi connectivity index (χ0v) is 24.5. The van der Waals surface area contributed by atoms with Gasteiger partial charge in [0.05, 0.1) is 20.8 Å². The van der Waals surface area contributed by atoms with Gasteiger partial charge in [0.1, 0.15) is 22.0 Å². The molecular weight excluding hydrogens is 575 g/mol. The average Bonchev–Trinajstić information content (AvgIpc) is 3.26. The molecule has 212 valence electrons. The minimum absolute atomic E-state index is 0.00399. The molecule has 8 nitrogen and oxygen atoms in total. The van der Waals surface area contributed by atoms with Crippen LogP contribution in [0.25, 0.3) is 27.9 Å². The van der Waals surface area contributed by atoms with Crippen molar-refractivity contribution in [1.29, 1.82) is 0 Å². The number of nitrogens with zero attached hydrogens (tertiary/aromatic N) is 3. The third-order valence-electron chi connectivity index (χ3n) is 7.12. The van der Waals surface area contributed by atoms with Gasteiger partial charge in [-0.05, 0) is 92.6 Å². The highest BCUT2D eigenvalue weighted by Gasteiger charge is 2.34. The average molecular weight is 601 g/mol. The van der Waals surface area contributed by atoms with Crippen molar-refractivity contribution in [2.45, 2.75) is 35.5 Å². The molecule has 6 rings (SSSR count). The number of fused-ring (bicyclic) bond motifs is 2. The number of nitrogens with one attached hydrogen (secondary N) is 1. The molecule has 0 radical (unpaired) electrons. The van der Waals surface area contributed by atoms with Crippen LogP contribution in [-0.2, 0) is 19.9 Å². The normalized spacial score (nSPS) is 12.2. The number of rotatable bonds is 6. The van der Waals surface area contributed by atoms with E-state index in [-0.39, 0.29) is 31.7 Å². The Bertz CT molecular complexity index is 2230. The fourth-order valence-electron chi connectivity index (χ4n) is 4.72. The molecule has 0 fully saturated rings. The number of hydrogen-bond acceptors (Lipinski definition) is 6. The maximum absolute atomic E-state index is 14.4. The number of hydrogen-bond donors (Lipinski definition) is 1. The Labute approximate surface area is 242 Å². The van der Waals surface area contributed by atoms with Crippen LogP contribution in [0.5, 0.6) is 0 Å². The van der Waals surface area contributed by atoms with Crippen molar-refractivity contribution in [2.24, 2.45) is 0 Å². The van der Waals surface area contributed by atoms with Gasteiger partial charge in [0.2, 0.25) is 9.84 Å². The molecule has 6 aromatic rings. The Morgan fingerprint density at radius 2 is 1.33 bits per heavy atom. The number of sulfonamides is 1. The smallest absolute Gasteiger partial charge is 0.263 e. The number of anilines is 1. The summed E-state index contributed by atoms with van der Waals surface area (Å²) in [4.78, 5) is 8.85. The highest BCUT2D eigenvalue weighted by atomic mass is 32.2. The van der Waals surface area contributed by atoms with Gasteiger partial charge in [-0.1, -0.05) is 35.9 Å². The van der Waals surface area contributed by atoms with Crippen molar-refractivity contribution in [3.63, 3.8) is 0 Å². The largest absolute Gasteiger partial charge is 0.277 e. The molecule has 2 aromatic heterocycles. The van der Waals surface area contributed by atoms with Crippen LogP contribution in [0.3, 0.4) is 0 Å². The summed E-state index contributed by atoms with van der Waals surface area (Å²) in [6, 6.07) is 23.0. The maximum atomic E-state index is 14.4. The van der Waals surface area contributed by atoms with E-state index in [2.05, 4.69) is 4.72 Å². The Hall–Kier alpha value is -4.61. The van der Waals surface area contributed by atoms with E-state index in [1.54, 1.807) is 42.5 Å². The van der Waals surface area contributed by atoms with Crippen molar-refractivity contribution in [1.82, 2.24) is 14.5 Å². The van der Waals surface area contributed by atoms with Crippen molar-refractivity contribution in [2.75, 3.05) is 4.72 Å². The molecule has 0 spiro atoms. The van der Waals surface area contributed by atoms with Crippen LogP contribution in [0.15, 0.2) is 106 Å². The van der Waals surface area contributed by atoms with Crippen molar-refractivity contribution in [3.8, 4) is 5.69 Å². The van der Waals surface area contributed by atoms with Crippen LogP contribution in [0.2, 0.25) is 0 Å². The van der Waals surface area contributed by atoms with Gasteiger partial charge in [-0.25, -0.2) is 31.2 Å². The summed E-state index contributed by atoms with van der Waals surface area (Å²) in [7, 11) is -8.76. The van der Waals surface area contributed by atoms with E-state index in [0.717, 1.165) is 41.0 Å². The maximum Gasteiger partial charge on any atom is 0.263 e. The van der Waals surface area contributed by atoms with E-state index in [1.165, 1.54) is 16.7 Å². The van der Waals surface area contributed by atoms with E-state index < -0.39 is 25.7 Å². The molecule has 0 bridgehead atoms. The van der Waals surface area contributed by atoms with Gasteiger partial charge in [0.15, 0.2) is 5.65 Å². The first kappa shape index (κ1) is 27.6. The highest BCUT2D eigenvalue weighted by Crippen LogP contribution is 2.40. The third-order valence-corrected chi connectivity index (χ3v) is 10.3. The lowest BCUT2D eigenvalue weighted by Crippen LogP contribution is -2.18. The van der Waals surface area contributed by atoms with Gasteiger partial charge >= 0.3 is 0 Å². The van der Waals surface area contributed by atoms with E-state index in [1.807, 2.05) is 32.9 Å². The topological polar surface area (TPSA) is 111 Å². The number of benzene rings is 4. The van der Waals surface area contributed by atoms with Crippen LogP contribution < -0.4 is 4.72 Å². The molecule has 0 atom stereocenters. The Balaban J connectivity index is 1.76. The molecule has 1 N–H and O–H groups in total. The second-order valence-electron chi connectivity index (χ2n) is 10.0. The quantitative estimate of drug-likeness (QED) is 0.241. The Morgan fingerprint density at radius 1 is 0.714 bits per heavy atom. The lowest BCUT2D eigenvalue weighted by molar-refractivity contribution is 0.597. The van der Waals surface area contributed by atoms with Crippen LogP contribution in [0, 0.1) is 26.6 Å². The fourth-order valence-corrected chi connectivity index (χ4v) is 7.36. The first-order valence-electron chi connectivity index (χ1n) is 12.9. The van der Waals surface area contributed by atoms with Crippen LogP contribution in [0.4, 0.5) is 10.2 Å². The predicted octanol–water partition coefficient (Wildman–Crippen LogP) is 6.27. The van der Waals surface area contributed by atoms with E-state index in [4.69, 9.17) is 9.97 Å². The minimum atomic E-state index is -4.40. The van der Waals surface area contributed by atoms with Gasteiger partial charge in [-0.3, -0.25) is 9.29 Å². The molecular formula is C31H25FN4O4S2. The number of aromatic nitrogens is 3. The first-order valence-corrected chi connectivity index (χ1v) is 15.9. The molecule has 0 unspecified atom stereocenters. The second kappa shape index (κ2) is 10.0. The molecule has 0 aliphatic rings. The van der Waals surface area contributed by atoms with Gasteiger partial charge in [0, 0.05) is 5.69 Å². The number of sulfone groups is 1. The third kappa shape index (κ3) is 4.70. The molecule has 0 aliphatic carbocycles. The van der Waals surface area contributed by atoms with Crippen LogP contribution >= 0.6 is 0 Å². The van der Waals surface area contributed by atoms with Gasteiger partial charge < -0.3 is 0 Å². The van der Waals surface area contributed by atoms with Crippen molar-refractivity contribution < 1.29 is 21.2 Å². The molecule has 4 aromatic carbocycles. The summed E-state index contributed by atoms with van der Waals surface area (Å²) in [5.41, 5.74) is 4.33. The summed E-state index contributed by atoms with van der Waals surface area (Å²) in [6.07, 6.45) is 0. The Kier molecular flexibility index (Phi) is 6.58. The van der Waals surface area contributed by atoms with E-state index in [0.29, 0.717) is 16.7 Å². The summed E-state index contributed by atoms with van der Waals surface area (Å²) < 4.78 is 73.8. The predicted molar refractivity (Wildman–Crippen MR) is 160 cm³/mol. The van der Waals surface area contributed by atoms with Gasteiger partial charge in [-0.2, -0.15) is 0 Å². The summed E-state index contributed by atoms with van der Waals surface area (Å²) >= 11 is 0. The standard InChI is InChI=1S/C31H25FN4O4S2/c1-19-8-14-24(15-9-19)41(37,38)29-28-30(34-27-7-5-4-6-26(27)33-28)36(23-13-10-20(2)21(3)18-23)31(29)35-42(39,40)25-16-11-22(32)12-17-25/h4-18,35H,1-3H3. The molecule has 42 heavy (non-hydrogen) atoms. The fraction of sp³-hybridized carbons (Fsp3) is 0.0968. The van der Waals surface area contributed by atoms with Crippen LogP contribution in [-0.4, -0.2) is 31.4 Å². The first-order chi connectivity index (χ1) is 20.0. The molecule has 0 aliphatic heterocycles. The monoisotopic (exact) mass is 600 g/mol. The molecule has 0 saturated heterocycles. The van der Waals surface area contributed by atoms with Crippen molar-refractivity contribution in [3.05, 3.63) is 114 Å². The summed E-state index contributed by atoms with van der Waals surface area (Å²) in [5, 5.41) is 0.